The smallest absolute Gasteiger partial charge is 0.271 e. The predicted molar refractivity (Wildman–Crippen MR) is 57.7 cm³/mol. The lowest BCUT2D eigenvalue weighted by atomic mass is 10.0. The van der Waals surface area contributed by atoms with Crippen LogP contribution >= 0.6 is 11.8 Å². The fourth-order valence-electron chi connectivity index (χ4n) is 1.34. The number of rotatable bonds is 4. The van der Waals surface area contributed by atoms with Crippen molar-refractivity contribution in [2.75, 3.05) is 12.0 Å². The highest BCUT2D eigenvalue weighted by atomic mass is 32.2. The number of nitrogens with zero attached hydrogens (tertiary/aromatic N) is 1. The van der Waals surface area contributed by atoms with Gasteiger partial charge in [-0.1, -0.05) is 0 Å². The molecule has 0 spiro atoms. The van der Waals surface area contributed by atoms with E-state index in [9.17, 15) is 13.2 Å². The van der Waals surface area contributed by atoms with E-state index in [-0.39, 0.29) is 5.56 Å². The van der Waals surface area contributed by atoms with Gasteiger partial charge in [0.25, 0.3) is 0 Å². The molecule has 1 atom stereocenters. The van der Waals surface area contributed by atoms with E-state index in [1.54, 1.807) is 6.26 Å². The molecule has 1 unspecified atom stereocenters. The van der Waals surface area contributed by atoms with Crippen molar-refractivity contribution in [3.8, 4) is 0 Å². The predicted octanol–water partition coefficient (Wildman–Crippen LogP) is 1.97. The molecule has 0 saturated carbocycles. The third-order valence-corrected chi connectivity index (χ3v) is 2.73. The van der Waals surface area contributed by atoms with Crippen LogP contribution in [0.25, 0.3) is 0 Å². The number of nitrogens with two attached hydrogens (primary N) is 1. The molecule has 0 aliphatic carbocycles. The summed E-state index contributed by atoms with van der Waals surface area (Å²) in [5.41, 5.74) is 1.75. The van der Waals surface area contributed by atoms with E-state index in [4.69, 9.17) is 5.84 Å². The van der Waals surface area contributed by atoms with Gasteiger partial charge in [0.15, 0.2) is 0 Å². The Labute approximate surface area is 95.6 Å². The van der Waals surface area contributed by atoms with E-state index in [0.29, 0.717) is 5.75 Å². The molecule has 1 rings (SSSR count). The minimum Gasteiger partial charge on any atom is -0.271 e. The Kier molecular flexibility index (Phi) is 4.57. The van der Waals surface area contributed by atoms with Gasteiger partial charge in [-0.3, -0.25) is 16.3 Å². The molecule has 0 radical (unpaired) electrons. The van der Waals surface area contributed by atoms with Crippen LogP contribution in [-0.4, -0.2) is 17.0 Å². The molecule has 90 valence electrons. The molecule has 3 nitrogen and oxygen atoms in total. The standard InChI is InChI=1S/C9H12F3N3S/c1-16-5-8(15-13)6-4-14-3-2-7(6)9(10,11)12/h2-4,8,15H,5,13H2,1H3. The van der Waals surface area contributed by atoms with Crippen molar-refractivity contribution >= 4 is 11.8 Å². The van der Waals surface area contributed by atoms with Gasteiger partial charge >= 0.3 is 6.18 Å². The Morgan fingerprint density at radius 3 is 2.75 bits per heavy atom. The van der Waals surface area contributed by atoms with E-state index < -0.39 is 17.8 Å². The molecule has 0 amide bonds. The molecule has 7 heteroatoms. The van der Waals surface area contributed by atoms with Crippen LogP contribution in [0, 0.1) is 0 Å². The van der Waals surface area contributed by atoms with Crippen LogP contribution in [0.1, 0.15) is 17.2 Å². The normalized spacial score (nSPS) is 13.8. The van der Waals surface area contributed by atoms with Crippen molar-refractivity contribution in [2.24, 2.45) is 5.84 Å². The molecule has 0 aliphatic heterocycles. The van der Waals surface area contributed by atoms with Gasteiger partial charge in [0.2, 0.25) is 0 Å². The summed E-state index contributed by atoms with van der Waals surface area (Å²) in [6.45, 7) is 0. The monoisotopic (exact) mass is 251 g/mol. The number of halogens is 3. The van der Waals surface area contributed by atoms with E-state index >= 15 is 0 Å². The molecule has 0 aliphatic rings. The molecular weight excluding hydrogens is 239 g/mol. The topological polar surface area (TPSA) is 50.9 Å². The van der Waals surface area contributed by atoms with Gasteiger partial charge in [0.1, 0.15) is 0 Å². The zero-order valence-electron chi connectivity index (χ0n) is 8.58. The number of alkyl halides is 3. The second kappa shape index (κ2) is 5.51. The Bertz CT molecular complexity index is 343. The second-order valence-corrected chi connectivity index (χ2v) is 4.05. The number of pyridine rings is 1. The Morgan fingerprint density at radius 2 is 2.25 bits per heavy atom. The molecular formula is C9H12F3N3S. The molecule has 1 heterocycles. The van der Waals surface area contributed by atoms with Gasteiger partial charge in [-0.25, -0.2) is 0 Å². The van der Waals surface area contributed by atoms with Crippen molar-refractivity contribution in [1.82, 2.24) is 10.4 Å². The molecule has 16 heavy (non-hydrogen) atoms. The summed E-state index contributed by atoms with van der Waals surface area (Å²) in [6.07, 6.45) is -0.262. The van der Waals surface area contributed by atoms with Crippen molar-refractivity contribution in [1.29, 1.82) is 0 Å². The van der Waals surface area contributed by atoms with Crippen LogP contribution in [0.15, 0.2) is 18.5 Å². The van der Waals surface area contributed by atoms with Crippen molar-refractivity contribution in [3.63, 3.8) is 0 Å². The van der Waals surface area contributed by atoms with Gasteiger partial charge in [-0.2, -0.15) is 24.9 Å². The largest absolute Gasteiger partial charge is 0.416 e. The third kappa shape index (κ3) is 3.10. The summed E-state index contributed by atoms with van der Waals surface area (Å²) in [7, 11) is 0. The third-order valence-electron chi connectivity index (χ3n) is 2.07. The highest BCUT2D eigenvalue weighted by Gasteiger charge is 2.34. The second-order valence-electron chi connectivity index (χ2n) is 3.14. The summed E-state index contributed by atoms with van der Waals surface area (Å²) in [5.74, 6) is 5.69. The van der Waals surface area contributed by atoms with Crippen molar-refractivity contribution in [3.05, 3.63) is 29.6 Å². The van der Waals surface area contributed by atoms with E-state index in [2.05, 4.69) is 10.4 Å². The first-order chi connectivity index (χ1) is 7.50. The number of nitrogens with one attached hydrogen (secondary N) is 1. The quantitative estimate of drug-likeness (QED) is 0.634. The molecule has 1 aromatic heterocycles. The fourth-order valence-corrected chi connectivity index (χ4v) is 1.95. The van der Waals surface area contributed by atoms with Gasteiger partial charge in [-0.05, 0) is 12.3 Å². The van der Waals surface area contributed by atoms with Crippen molar-refractivity contribution < 1.29 is 13.2 Å². The number of thioether (sulfide) groups is 1. The van der Waals surface area contributed by atoms with E-state index in [0.717, 1.165) is 12.3 Å². The van der Waals surface area contributed by atoms with Crippen LogP contribution in [0.5, 0.6) is 0 Å². The first-order valence-corrected chi connectivity index (χ1v) is 5.86. The SMILES string of the molecule is CSCC(NN)c1cnccc1C(F)(F)F. The molecule has 1 aromatic rings. The molecule has 0 fully saturated rings. The van der Waals surface area contributed by atoms with Crippen LogP contribution in [-0.2, 0) is 6.18 Å². The van der Waals surface area contributed by atoms with E-state index in [1.165, 1.54) is 18.0 Å². The summed E-state index contributed by atoms with van der Waals surface area (Å²) < 4.78 is 38.0. The number of hydrazine groups is 1. The lowest BCUT2D eigenvalue weighted by molar-refractivity contribution is -0.138. The molecule has 3 N–H and O–H groups in total. The maximum absolute atomic E-state index is 12.7. The average Bonchev–Trinajstić information content (AvgIpc) is 2.25. The summed E-state index contributed by atoms with van der Waals surface area (Å²) >= 11 is 1.41. The first-order valence-electron chi connectivity index (χ1n) is 4.47. The fraction of sp³-hybridized carbons (Fsp3) is 0.444. The van der Waals surface area contributed by atoms with E-state index in [1.807, 2.05) is 0 Å². The molecule has 0 saturated heterocycles. The zero-order chi connectivity index (χ0) is 12.2. The minimum atomic E-state index is -4.38. The van der Waals surface area contributed by atoms with Crippen LogP contribution < -0.4 is 11.3 Å². The summed E-state index contributed by atoms with van der Waals surface area (Å²) in [4.78, 5) is 3.71. The van der Waals surface area contributed by atoms with Crippen molar-refractivity contribution in [2.45, 2.75) is 12.2 Å². The molecule has 0 aromatic carbocycles. The van der Waals surface area contributed by atoms with Crippen LogP contribution in [0.2, 0.25) is 0 Å². The Balaban J connectivity index is 3.11. The Hall–Kier alpha value is -0.790. The lowest BCUT2D eigenvalue weighted by Crippen LogP contribution is -2.31. The minimum absolute atomic E-state index is 0.0758. The highest BCUT2D eigenvalue weighted by Crippen LogP contribution is 2.34. The summed E-state index contributed by atoms with van der Waals surface area (Å²) in [6, 6.07) is 0.403. The Morgan fingerprint density at radius 1 is 1.56 bits per heavy atom. The number of hydrogen-bond donors (Lipinski definition) is 2. The maximum atomic E-state index is 12.7. The highest BCUT2D eigenvalue weighted by molar-refractivity contribution is 7.98. The first kappa shape index (κ1) is 13.3. The lowest BCUT2D eigenvalue weighted by Gasteiger charge is -2.19. The maximum Gasteiger partial charge on any atom is 0.416 e. The zero-order valence-corrected chi connectivity index (χ0v) is 9.40. The average molecular weight is 251 g/mol. The van der Waals surface area contributed by atoms with Gasteiger partial charge in [0, 0.05) is 23.7 Å². The van der Waals surface area contributed by atoms with Crippen LogP contribution in [0.3, 0.4) is 0 Å². The van der Waals surface area contributed by atoms with Crippen LogP contribution in [0.4, 0.5) is 13.2 Å². The number of aromatic nitrogens is 1. The number of hydrogen-bond acceptors (Lipinski definition) is 4. The van der Waals surface area contributed by atoms with Gasteiger partial charge in [-0.15, -0.1) is 0 Å². The molecule has 0 bridgehead atoms. The summed E-state index contributed by atoms with van der Waals surface area (Å²) in [5, 5.41) is 0. The van der Waals surface area contributed by atoms with Gasteiger partial charge < -0.3 is 0 Å². The van der Waals surface area contributed by atoms with Gasteiger partial charge in [0.05, 0.1) is 11.6 Å².